The highest BCUT2D eigenvalue weighted by Crippen LogP contribution is 2.40. The van der Waals surface area contributed by atoms with E-state index in [4.69, 9.17) is 18.0 Å². The van der Waals surface area contributed by atoms with Gasteiger partial charge in [0.15, 0.2) is 0 Å². The van der Waals surface area contributed by atoms with Crippen LogP contribution in [0.15, 0.2) is 12.4 Å². The fraction of sp³-hybridized carbons (Fsp3) is 0.615. The molecule has 1 aromatic rings. The van der Waals surface area contributed by atoms with E-state index < -0.39 is 0 Å². The Kier molecular flexibility index (Phi) is 4.11. The first-order valence-corrected chi connectivity index (χ1v) is 6.92. The van der Waals surface area contributed by atoms with Crippen LogP contribution in [-0.2, 0) is 0 Å². The number of hydrogen-bond donors (Lipinski definition) is 2. The largest absolute Gasteiger partial charge is 0.388 e. The fourth-order valence-corrected chi connectivity index (χ4v) is 2.71. The lowest BCUT2D eigenvalue weighted by atomic mass is 9.83. The van der Waals surface area contributed by atoms with Crippen molar-refractivity contribution in [2.45, 2.75) is 39.0 Å². The van der Waals surface area contributed by atoms with Crippen molar-refractivity contribution in [3.8, 4) is 0 Å². The molecule has 4 nitrogen and oxygen atoms in total. The monoisotopic (exact) mass is 264 g/mol. The molecule has 5 heteroatoms. The molecule has 1 aromatic heterocycles. The first-order chi connectivity index (χ1) is 8.65. The molecule has 0 bridgehead atoms. The first-order valence-electron chi connectivity index (χ1n) is 6.51. The molecule has 0 saturated heterocycles. The SMILES string of the molecule is CCC1(CNc2cnc(C(N)=S)cn2)CCCC1. The molecule has 0 radical (unpaired) electrons. The van der Waals surface area contributed by atoms with E-state index in [1.165, 1.54) is 32.1 Å². The fourth-order valence-electron chi connectivity index (χ4n) is 2.60. The minimum absolute atomic E-state index is 0.287. The van der Waals surface area contributed by atoms with E-state index in [0.717, 1.165) is 12.4 Å². The summed E-state index contributed by atoms with van der Waals surface area (Å²) >= 11 is 4.85. The third-order valence-electron chi connectivity index (χ3n) is 3.96. The zero-order valence-electron chi connectivity index (χ0n) is 10.8. The van der Waals surface area contributed by atoms with Crippen LogP contribution in [0.3, 0.4) is 0 Å². The number of rotatable bonds is 5. The average Bonchev–Trinajstić information content (AvgIpc) is 2.86. The Balaban J connectivity index is 1.95. The second-order valence-corrected chi connectivity index (χ2v) is 5.51. The highest BCUT2D eigenvalue weighted by Gasteiger charge is 2.31. The quantitative estimate of drug-likeness (QED) is 0.800. The molecule has 18 heavy (non-hydrogen) atoms. The normalized spacial score (nSPS) is 17.6. The Morgan fingerprint density at radius 3 is 2.61 bits per heavy atom. The van der Waals surface area contributed by atoms with Gasteiger partial charge in [-0.05, 0) is 24.7 Å². The standard InChI is InChI=1S/C13H20N4S/c1-2-13(5-3-4-6-13)9-17-11-8-15-10(7-16-11)12(14)18/h7-8H,2-6,9H2,1H3,(H2,14,18)(H,16,17). The van der Waals surface area contributed by atoms with Crippen LogP contribution in [0.5, 0.6) is 0 Å². The summed E-state index contributed by atoms with van der Waals surface area (Å²) in [4.78, 5) is 8.75. The summed E-state index contributed by atoms with van der Waals surface area (Å²) in [5.74, 6) is 0.801. The van der Waals surface area contributed by atoms with Crippen molar-refractivity contribution in [2.24, 2.45) is 11.1 Å². The van der Waals surface area contributed by atoms with Crippen LogP contribution in [0.25, 0.3) is 0 Å². The maximum absolute atomic E-state index is 5.49. The Hall–Kier alpha value is -1.23. The molecule has 1 heterocycles. The number of nitrogens with two attached hydrogens (primary N) is 1. The molecule has 0 aliphatic heterocycles. The van der Waals surface area contributed by atoms with Gasteiger partial charge in [-0.2, -0.15) is 0 Å². The Bertz CT molecular complexity index is 410. The third-order valence-corrected chi connectivity index (χ3v) is 4.17. The van der Waals surface area contributed by atoms with Crippen molar-refractivity contribution < 1.29 is 0 Å². The molecule has 0 amide bonds. The van der Waals surface area contributed by atoms with Crippen molar-refractivity contribution in [1.29, 1.82) is 0 Å². The van der Waals surface area contributed by atoms with Gasteiger partial charge in [0.25, 0.3) is 0 Å². The third kappa shape index (κ3) is 2.96. The highest BCUT2D eigenvalue weighted by atomic mass is 32.1. The van der Waals surface area contributed by atoms with Crippen LogP contribution in [0, 0.1) is 5.41 Å². The van der Waals surface area contributed by atoms with Crippen LogP contribution in [0.1, 0.15) is 44.7 Å². The van der Waals surface area contributed by atoms with Crippen LogP contribution in [-0.4, -0.2) is 21.5 Å². The van der Waals surface area contributed by atoms with Crippen molar-refractivity contribution in [1.82, 2.24) is 9.97 Å². The van der Waals surface area contributed by atoms with E-state index in [0.29, 0.717) is 11.1 Å². The molecule has 2 rings (SSSR count). The first kappa shape index (κ1) is 13.2. The van der Waals surface area contributed by atoms with Crippen LogP contribution in [0.4, 0.5) is 5.82 Å². The maximum atomic E-state index is 5.49. The Morgan fingerprint density at radius 1 is 1.39 bits per heavy atom. The number of nitrogens with one attached hydrogen (secondary N) is 1. The predicted molar refractivity (Wildman–Crippen MR) is 77.6 cm³/mol. The van der Waals surface area contributed by atoms with Gasteiger partial charge in [0, 0.05) is 6.54 Å². The molecular formula is C13H20N4S. The van der Waals surface area contributed by atoms with Gasteiger partial charge in [-0.3, -0.25) is 0 Å². The lowest BCUT2D eigenvalue weighted by Crippen LogP contribution is -2.26. The van der Waals surface area contributed by atoms with E-state index in [1.54, 1.807) is 12.4 Å². The summed E-state index contributed by atoms with van der Waals surface area (Å²) < 4.78 is 0. The van der Waals surface area contributed by atoms with Gasteiger partial charge in [-0.25, -0.2) is 9.97 Å². The maximum Gasteiger partial charge on any atom is 0.144 e. The van der Waals surface area contributed by atoms with Gasteiger partial charge in [0.2, 0.25) is 0 Å². The van der Waals surface area contributed by atoms with E-state index in [-0.39, 0.29) is 4.99 Å². The molecule has 0 spiro atoms. The summed E-state index contributed by atoms with van der Waals surface area (Å²) in [5.41, 5.74) is 6.51. The molecule has 0 unspecified atom stereocenters. The van der Waals surface area contributed by atoms with Crippen LogP contribution >= 0.6 is 12.2 Å². The van der Waals surface area contributed by atoms with Gasteiger partial charge in [-0.1, -0.05) is 32.0 Å². The van der Waals surface area contributed by atoms with E-state index in [2.05, 4.69) is 22.2 Å². The second-order valence-electron chi connectivity index (χ2n) is 5.07. The molecular weight excluding hydrogens is 244 g/mol. The number of thiocarbonyl (C=S) groups is 1. The van der Waals surface area contributed by atoms with E-state index >= 15 is 0 Å². The second kappa shape index (κ2) is 5.61. The Morgan fingerprint density at radius 2 is 2.11 bits per heavy atom. The van der Waals surface area contributed by atoms with Gasteiger partial charge in [0.1, 0.15) is 16.5 Å². The lowest BCUT2D eigenvalue weighted by Gasteiger charge is -2.27. The van der Waals surface area contributed by atoms with Crippen LogP contribution in [0.2, 0.25) is 0 Å². The van der Waals surface area contributed by atoms with Gasteiger partial charge in [-0.15, -0.1) is 0 Å². The van der Waals surface area contributed by atoms with E-state index in [1.807, 2.05) is 0 Å². The Labute approximate surface area is 113 Å². The minimum atomic E-state index is 0.287. The van der Waals surface area contributed by atoms with Crippen molar-refractivity contribution >= 4 is 23.0 Å². The predicted octanol–water partition coefficient (Wildman–Crippen LogP) is 2.49. The van der Waals surface area contributed by atoms with Crippen molar-refractivity contribution in [3.05, 3.63) is 18.1 Å². The molecule has 0 atom stereocenters. The molecule has 1 aliphatic carbocycles. The highest BCUT2D eigenvalue weighted by molar-refractivity contribution is 7.80. The smallest absolute Gasteiger partial charge is 0.144 e. The topological polar surface area (TPSA) is 63.8 Å². The van der Waals surface area contributed by atoms with Crippen molar-refractivity contribution in [3.63, 3.8) is 0 Å². The number of nitrogens with zero attached hydrogens (tertiary/aromatic N) is 2. The molecule has 3 N–H and O–H groups in total. The summed E-state index contributed by atoms with van der Waals surface area (Å²) in [5, 5.41) is 3.39. The number of hydrogen-bond acceptors (Lipinski definition) is 4. The summed E-state index contributed by atoms with van der Waals surface area (Å²) in [6, 6.07) is 0. The van der Waals surface area contributed by atoms with Crippen LogP contribution < -0.4 is 11.1 Å². The van der Waals surface area contributed by atoms with Gasteiger partial charge < -0.3 is 11.1 Å². The van der Waals surface area contributed by atoms with Crippen molar-refractivity contribution in [2.75, 3.05) is 11.9 Å². The molecule has 0 aromatic carbocycles. The zero-order chi connectivity index (χ0) is 13.0. The molecule has 1 saturated carbocycles. The number of aromatic nitrogens is 2. The zero-order valence-corrected chi connectivity index (χ0v) is 11.6. The minimum Gasteiger partial charge on any atom is -0.388 e. The summed E-state index contributed by atoms with van der Waals surface area (Å²) in [6.45, 7) is 3.25. The van der Waals surface area contributed by atoms with Gasteiger partial charge in [0.05, 0.1) is 12.4 Å². The summed E-state index contributed by atoms with van der Waals surface area (Å²) in [7, 11) is 0. The average molecular weight is 264 g/mol. The van der Waals surface area contributed by atoms with Gasteiger partial charge >= 0.3 is 0 Å². The molecule has 1 aliphatic rings. The molecule has 98 valence electrons. The van der Waals surface area contributed by atoms with E-state index in [9.17, 15) is 0 Å². The summed E-state index contributed by atoms with van der Waals surface area (Å²) in [6.07, 6.45) is 9.87. The lowest BCUT2D eigenvalue weighted by molar-refractivity contribution is 0.306. The number of anilines is 1. The molecule has 1 fully saturated rings.